The van der Waals surface area contributed by atoms with E-state index in [4.69, 9.17) is 4.74 Å². The summed E-state index contributed by atoms with van der Waals surface area (Å²) in [6.07, 6.45) is 2.25. The van der Waals surface area contributed by atoms with E-state index in [1.807, 2.05) is 19.1 Å². The number of rotatable bonds is 5. The van der Waals surface area contributed by atoms with Crippen LogP contribution in [0.3, 0.4) is 0 Å². The molecule has 0 aromatic heterocycles. The van der Waals surface area contributed by atoms with E-state index in [1.165, 1.54) is 5.56 Å². The van der Waals surface area contributed by atoms with Crippen LogP contribution in [-0.2, 0) is 16.0 Å². The monoisotopic (exact) mass is 390 g/mol. The number of ether oxygens (including phenoxy) is 1. The first-order chi connectivity index (χ1) is 10.1. The fourth-order valence-electron chi connectivity index (χ4n) is 2.78. The normalized spacial score (nSPS) is 18.1. The number of nitrogens with one attached hydrogen (secondary N) is 2. The van der Waals surface area contributed by atoms with Gasteiger partial charge in [-0.2, -0.15) is 0 Å². The Hall–Kier alpha value is -0.620. The van der Waals surface area contributed by atoms with Gasteiger partial charge in [-0.05, 0) is 57.0 Å². The molecule has 0 spiro atoms. The summed E-state index contributed by atoms with van der Waals surface area (Å²) in [5.41, 5.74) is 0.533. The first-order valence-corrected chi connectivity index (χ1v) is 8.16. The lowest BCUT2D eigenvalue weighted by Crippen LogP contribution is -2.55. The largest absolute Gasteiger partial charge is 0.368 e. The number of hydrogen-bond donors (Lipinski definition) is 2. The van der Waals surface area contributed by atoms with Crippen molar-refractivity contribution in [3.63, 3.8) is 0 Å². The van der Waals surface area contributed by atoms with Crippen molar-refractivity contribution in [1.29, 1.82) is 0 Å². The van der Waals surface area contributed by atoms with Gasteiger partial charge in [-0.25, -0.2) is 0 Å². The van der Waals surface area contributed by atoms with E-state index >= 15 is 0 Å². The molecule has 0 aliphatic carbocycles. The number of halogens is 2. The molecule has 1 aromatic carbocycles. The van der Waals surface area contributed by atoms with Crippen LogP contribution in [0.1, 0.15) is 25.3 Å². The van der Waals surface area contributed by atoms with Gasteiger partial charge >= 0.3 is 0 Å². The molecule has 1 unspecified atom stereocenters. The second-order valence-corrected chi connectivity index (χ2v) is 6.57. The summed E-state index contributed by atoms with van der Waals surface area (Å²) in [5, 5.41) is 6.37. The maximum Gasteiger partial charge on any atom is 0.252 e. The van der Waals surface area contributed by atoms with Crippen molar-refractivity contribution in [2.45, 2.75) is 37.8 Å². The van der Waals surface area contributed by atoms with Gasteiger partial charge in [0, 0.05) is 17.6 Å². The Kier molecular flexibility index (Phi) is 7.83. The third kappa shape index (κ3) is 4.95. The summed E-state index contributed by atoms with van der Waals surface area (Å²) >= 11 is 3.47. The zero-order valence-electron chi connectivity index (χ0n) is 13.0. The highest BCUT2D eigenvalue weighted by Gasteiger charge is 2.39. The molecule has 0 saturated carbocycles. The zero-order valence-corrected chi connectivity index (χ0v) is 15.4. The summed E-state index contributed by atoms with van der Waals surface area (Å²) in [7, 11) is 1.63. The molecular weight excluding hydrogens is 368 g/mol. The van der Waals surface area contributed by atoms with Crippen molar-refractivity contribution in [1.82, 2.24) is 10.6 Å². The Bertz CT molecular complexity index is 493. The van der Waals surface area contributed by atoms with Gasteiger partial charge in [-0.15, -0.1) is 12.4 Å². The molecule has 1 aromatic rings. The minimum atomic E-state index is -0.670. The van der Waals surface area contributed by atoms with E-state index in [1.54, 1.807) is 7.11 Å². The van der Waals surface area contributed by atoms with Crippen molar-refractivity contribution in [2.24, 2.45) is 0 Å². The predicted molar refractivity (Wildman–Crippen MR) is 94.5 cm³/mol. The van der Waals surface area contributed by atoms with E-state index in [0.29, 0.717) is 0 Å². The lowest BCUT2D eigenvalue weighted by molar-refractivity contribution is -0.147. The third-order valence-electron chi connectivity index (χ3n) is 4.02. The van der Waals surface area contributed by atoms with Gasteiger partial charge in [0.05, 0.1) is 0 Å². The predicted octanol–water partition coefficient (Wildman–Crippen LogP) is 2.69. The van der Waals surface area contributed by atoms with Gasteiger partial charge in [0.25, 0.3) is 5.91 Å². The summed E-state index contributed by atoms with van der Waals surface area (Å²) in [4.78, 5) is 12.5. The molecule has 1 aliphatic rings. The molecule has 2 rings (SSSR count). The molecular formula is C16H24BrClN2O2. The van der Waals surface area contributed by atoms with Gasteiger partial charge in [-0.3, -0.25) is 4.79 Å². The molecule has 0 bridgehead atoms. The molecule has 0 radical (unpaired) electrons. The van der Waals surface area contributed by atoms with E-state index in [0.717, 1.165) is 36.8 Å². The molecule has 1 saturated heterocycles. The van der Waals surface area contributed by atoms with E-state index in [9.17, 15) is 4.79 Å². The highest BCUT2D eigenvalue weighted by molar-refractivity contribution is 9.10. The van der Waals surface area contributed by atoms with E-state index < -0.39 is 5.60 Å². The maximum atomic E-state index is 12.5. The number of amides is 1. The summed E-state index contributed by atoms with van der Waals surface area (Å²) in [5.74, 6) is 0.00833. The average molecular weight is 392 g/mol. The van der Waals surface area contributed by atoms with Crippen molar-refractivity contribution in [3.8, 4) is 0 Å². The summed E-state index contributed by atoms with van der Waals surface area (Å²) < 4.78 is 6.61. The Labute approximate surface area is 146 Å². The Morgan fingerprint density at radius 2 is 2.14 bits per heavy atom. The van der Waals surface area contributed by atoms with Crippen LogP contribution in [0.4, 0.5) is 0 Å². The zero-order chi connectivity index (χ0) is 15.3. The molecule has 6 heteroatoms. The van der Waals surface area contributed by atoms with Gasteiger partial charge in [0.1, 0.15) is 5.60 Å². The third-order valence-corrected chi connectivity index (χ3v) is 4.52. The van der Waals surface area contributed by atoms with Crippen LogP contribution in [0.2, 0.25) is 0 Å². The van der Waals surface area contributed by atoms with Crippen LogP contribution in [0.25, 0.3) is 0 Å². The second kappa shape index (κ2) is 8.87. The minimum Gasteiger partial charge on any atom is -0.368 e. The van der Waals surface area contributed by atoms with Crippen LogP contribution >= 0.6 is 28.3 Å². The molecule has 22 heavy (non-hydrogen) atoms. The van der Waals surface area contributed by atoms with Crippen LogP contribution in [0, 0.1) is 0 Å². The fraction of sp³-hybridized carbons (Fsp3) is 0.562. The van der Waals surface area contributed by atoms with Crippen LogP contribution in [0.15, 0.2) is 28.7 Å². The van der Waals surface area contributed by atoms with Gasteiger partial charge in [0.2, 0.25) is 0 Å². The highest BCUT2D eigenvalue weighted by atomic mass is 79.9. The van der Waals surface area contributed by atoms with Gasteiger partial charge in [0.15, 0.2) is 0 Å². The molecule has 1 atom stereocenters. The second-order valence-electron chi connectivity index (χ2n) is 5.66. The molecule has 1 fully saturated rings. The van der Waals surface area contributed by atoms with Crippen LogP contribution in [-0.4, -0.2) is 37.7 Å². The molecule has 1 amide bonds. The van der Waals surface area contributed by atoms with Crippen LogP contribution in [0.5, 0.6) is 0 Å². The Balaban J connectivity index is 0.00000242. The SMILES string of the molecule is COC1(C(=O)NC(C)Cc2cccc(Br)c2)CCNCC1.Cl. The smallest absolute Gasteiger partial charge is 0.252 e. The van der Waals surface area contributed by atoms with Crippen molar-refractivity contribution in [2.75, 3.05) is 20.2 Å². The number of carbonyl (C=O) groups is 1. The number of carbonyl (C=O) groups excluding carboxylic acids is 1. The van der Waals surface area contributed by atoms with Crippen molar-refractivity contribution >= 4 is 34.2 Å². The first kappa shape index (κ1) is 19.4. The molecule has 1 aliphatic heterocycles. The standard InChI is InChI=1S/C16H23BrN2O2.ClH/c1-12(10-13-4-3-5-14(17)11-13)19-15(20)16(21-2)6-8-18-9-7-16;/h3-5,11-12,18H,6-10H2,1-2H3,(H,19,20);1H. The average Bonchev–Trinajstić information content (AvgIpc) is 2.47. The minimum absolute atomic E-state index is 0. The topological polar surface area (TPSA) is 50.4 Å². The highest BCUT2D eigenvalue weighted by Crippen LogP contribution is 2.23. The quantitative estimate of drug-likeness (QED) is 0.811. The molecule has 2 N–H and O–H groups in total. The fourth-order valence-corrected chi connectivity index (χ4v) is 3.22. The maximum absolute atomic E-state index is 12.5. The Morgan fingerprint density at radius 3 is 2.73 bits per heavy atom. The summed E-state index contributed by atoms with van der Waals surface area (Å²) in [6.45, 7) is 3.67. The lowest BCUT2D eigenvalue weighted by atomic mass is 9.90. The molecule has 124 valence electrons. The first-order valence-electron chi connectivity index (χ1n) is 7.37. The van der Waals surface area contributed by atoms with E-state index in [-0.39, 0.29) is 24.4 Å². The molecule has 1 heterocycles. The van der Waals surface area contributed by atoms with Crippen molar-refractivity contribution in [3.05, 3.63) is 34.3 Å². The van der Waals surface area contributed by atoms with Gasteiger partial charge in [-0.1, -0.05) is 28.1 Å². The van der Waals surface area contributed by atoms with Crippen molar-refractivity contribution < 1.29 is 9.53 Å². The molecule has 4 nitrogen and oxygen atoms in total. The van der Waals surface area contributed by atoms with E-state index in [2.05, 4.69) is 38.7 Å². The summed E-state index contributed by atoms with van der Waals surface area (Å²) in [6, 6.07) is 8.25. The lowest BCUT2D eigenvalue weighted by Gasteiger charge is -2.35. The number of benzene rings is 1. The number of piperidine rings is 1. The number of hydrogen-bond acceptors (Lipinski definition) is 3. The van der Waals surface area contributed by atoms with Gasteiger partial charge < -0.3 is 15.4 Å². The van der Waals surface area contributed by atoms with Crippen LogP contribution < -0.4 is 10.6 Å². The number of methoxy groups -OCH3 is 1. The Morgan fingerprint density at radius 1 is 1.45 bits per heavy atom.